The molecule has 0 fully saturated rings. The van der Waals surface area contributed by atoms with Crippen molar-refractivity contribution in [2.24, 2.45) is 5.73 Å². The third-order valence-electron chi connectivity index (χ3n) is 3.68. The van der Waals surface area contributed by atoms with E-state index < -0.39 is 57.9 Å². The van der Waals surface area contributed by atoms with Gasteiger partial charge in [0.1, 0.15) is 23.1 Å². The first-order chi connectivity index (χ1) is 12.7. The Morgan fingerprint density at radius 1 is 1.04 bits per heavy atom. The summed E-state index contributed by atoms with van der Waals surface area (Å²) in [6, 6.07) is 2.93. The van der Waals surface area contributed by atoms with E-state index in [0.717, 1.165) is 12.1 Å². The van der Waals surface area contributed by atoms with Gasteiger partial charge in [0.2, 0.25) is 5.91 Å². The summed E-state index contributed by atoms with van der Waals surface area (Å²) in [5.74, 6) is -7.70. The lowest BCUT2D eigenvalue weighted by molar-refractivity contribution is 0.0699. The molecule has 1 amide bonds. The number of primary amides is 1. The molecule has 0 aliphatic rings. The van der Waals surface area contributed by atoms with Crippen molar-refractivity contribution in [2.45, 2.75) is 6.61 Å². The van der Waals surface area contributed by atoms with E-state index in [2.05, 4.69) is 0 Å². The van der Waals surface area contributed by atoms with E-state index in [9.17, 15) is 32.3 Å². The standard InChI is InChI=1S/C17H9F4NO4S/c18-8-1-2-9(19)15-12(8)7(14(27-15)17(24)25)5-26-13-10(20)3-6(16(22)23)4-11(13)21/h1-4H,5H2,(H2,22,23)(H,24,25). The summed E-state index contributed by atoms with van der Waals surface area (Å²) >= 11 is 0.479. The molecule has 0 unspecified atom stereocenters. The topological polar surface area (TPSA) is 89.6 Å². The number of rotatable bonds is 5. The van der Waals surface area contributed by atoms with E-state index in [0.29, 0.717) is 23.5 Å². The fraction of sp³-hybridized carbons (Fsp3) is 0.0588. The summed E-state index contributed by atoms with van der Waals surface area (Å²) in [6.07, 6.45) is 0. The molecule has 3 rings (SSSR count). The Labute approximate surface area is 152 Å². The number of hydrogen-bond donors (Lipinski definition) is 2. The third kappa shape index (κ3) is 3.31. The van der Waals surface area contributed by atoms with Gasteiger partial charge < -0.3 is 15.6 Å². The number of halogens is 4. The molecule has 0 aliphatic heterocycles. The van der Waals surface area contributed by atoms with E-state index in [4.69, 9.17) is 10.5 Å². The molecular formula is C17H9F4NO4S. The number of ether oxygens (including phenoxy) is 1. The molecule has 10 heteroatoms. The minimum atomic E-state index is -1.47. The number of amides is 1. The second-order valence-corrected chi connectivity index (χ2v) is 6.39. The molecule has 0 atom stereocenters. The second kappa shape index (κ2) is 6.88. The Bertz CT molecular complexity index is 1070. The lowest BCUT2D eigenvalue weighted by Gasteiger charge is -2.10. The van der Waals surface area contributed by atoms with Crippen molar-refractivity contribution >= 4 is 33.3 Å². The van der Waals surface area contributed by atoms with E-state index in [1.807, 2.05) is 0 Å². The van der Waals surface area contributed by atoms with Gasteiger partial charge in [-0.05, 0) is 24.3 Å². The Hall–Kier alpha value is -3.14. The molecule has 3 aromatic rings. The summed E-state index contributed by atoms with van der Waals surface area (Å²) in [5.41, 5.74) is 4.25. The highest BCUT2D eigenvalue weighted by Crippen LogP contribution is 2.36. The average Bonchev–Trinajstić information content (AvgIpc) is 2.98. The van der Waals surface area contributed by atoms with Crippen LogP contribution >= 0.6 is 11.3 Å². The molecule has 0 saturated heterocycles. The van der Waals surface area contributed by atoms with Gasteiger partial charge in [-0.25, -0.2) is 22.4 Å². The number of carbonyl (C=O) groups excluding carboxylic acids is 1. The second-order valence-electron chi connectivity index (χ2n) is 5.37. The predicted molar refractivity (Wildman–Crippen MR) is 87.9 cm³/mol. The van der Waals surface area contributed by atoms with Crippen molar-refractivity contribution in [3.05, 3.63) is 63.5 Å². The Kier molecular flexibility index (Phi) is 4.75. The fourth-order valence-electron chi connectivity index (χ4n) is 2.49. The zero-order valence-electron chi connectivity index (χ0n) is 13.2. The summed E-state index contributed by atoms with van der Waals surface area (Å²) in [7, 11) is 0. The van der Waals surface area contributed by atoms with Gasteiger partial charge >= 0.3 is 5.97 Å². The molecule has 0 spiro atoms. The normalized spacial score (nSPS) is 11.0. The molecule has 0 radical (unpaired) electrons. The van der Waals surface area contributed by atoms with Crippen LogP contribution in [0.15, 0.2) is 24.3 Å². The zero-order valence-corrected chi connectivity index (χ0v) is 14.0. The molecule has 0 aliphatic carbocycles. The number of aromatic carboxylic acids is 1. The van der Waals surface area contributed by atoms with Gasteiger partial charge in [0.15, 0.2) is 17.4 Å². The van der Waals surface area contributed by atoms with E-state index in [1.54, 1.807) is 0 Å². The monoisotopic (exact) mass is 399 g/mol. The van der Waals surface area contributed by atoms with Gasteiger partial charge in [-0.2, -0.15) is 0 Å². The maximum Gasteiger partial charge on any atom is 0.346 e. The van der Waals surface area contributed by atoms with Crippen LogP contribution in [-0.4, -0.2) is 17.0 Å². The maximum atomic E-state index is 14.1. The van der Waals surface area contributed by atoms with Crippen LogP contribution in [0, 0.1) is 23.3 Å². The number of carboxylic acids is 1. The zero-order chi connectivity index (χ0) is 19.9. The lowest BCUT2D eigenvalue weighted by Crippen LogP contribution is -2.12. The van der Waals surface area contributed by atoms with Crippen molar-refractivity contribution in [2.75, 3.05) is 0 Å². The number of benzene rings is 2. The maximum absolute atomic E-state index is 14.1. The smallest absolute Gasteiger partial charge is 0.346 e. The highest BCUT2D eigenvalue weighted by atomic mass is 32.1. The number of hydrogen-bond acceptors (Lipinski definition) is 4. The van der Waals surface area contributed by atoms with Crippen LogP contribution < -0.4 is 10.5 Å². The van der Waals surface area contributed by atoms with Crippen molar-refractivity contribution in [1.29, 1.82) is 0 Å². The van der Waals surface area contributed by atoms with E-state index in [-0.39, 0.29) is 15.6 Å². The first-order valence-electron chi connectivity index (χ1n) is 7.25. The van der Waals surface area contributed by atoms with Crippen LogP contribution in [0.3, 0.4) is 0 Å². The van der Waals surface area contributed by atoms with Crippen molar-refractivity contribution < 1.29 is 37.0 Å². The van der Waals surface area contributed by atoms with Gasteiger partial charge in [0.05, 0.1) is 4.70 Å². The first-order valence-corrected chi connectivity index (χ1v) is 8.06. The molecule has 1 heterocycles. The van der Waals surface area contributed by atoms with Crippen molar-refractivity contribution in [3.63, 3.8) is 0 Å². The van der Waals surface area contributed by atoms with Crippen LogP contribution in [0.25, 0.3) is 10.1 Å². The van der Waals surface area contributed by atoms with Crippen LogP contribution in [-0.2, 0) is 6.61 Å². The number of fused-ring (bicyclic) bond motifs is 1. The minimum Gasteiger partial charge on any atom is -0.483 e. The van der Waals surface area contributed by atoms with E-state index in [1.165, 1.54) is 0 Å². The molecule has 3 N–H and O–H groups in total. The molecule has 5 nitrogen and oxygen atoms in total. The fourth-order valence-corrected chi connectivity index (χ4v) is 3.55. The Balaban J connectivity index is 2.06. The Morgan fingerprint density at radius 3 is 2.19 bits per heavy atom. The summed E-state index contributed by atoms with van der Waals surface area (Å²) in [6.45, 7) is -0.744. The van der Waals surface area contributed by atoms with Gasteiger partial charge in [-0.3, -0.25) is 4.79 Å². The summed E-state index contributed by atoms with van der Waals surface area (Å²) in [4.78, 5) is 22.0. The predicted octanol–water partition coefficient (Wildman–Crippen LogP) is 3.83. The third-order valence-corrected chi connectivity index (χ3v) is 4.91. The number of carboxylic acid groups (broad SMARTS) is 1. The molecule has 140 valence electrons. The quantitative estimate of drug-likeness (QED) is 0.638. The highest BCUT2D eigenvalue weighted by Gasteiger charge is 2.24. The number of nitrogens with two attached hydrogens (primary N) is 1. The van der Waals surface area contributed by atoms with E-state index >= 15 is 0 Å². The molecule has 0 bridgehead atoms. The minimum absolute atomic E-state index is 0.254. The van der Waals surface area contributed by atoms with Crippen LogP contribution in [0.4, 0.5) is 17.6 Å². The molecule has 0 saturated carbocycles. The summed E-state index contributed by atoms with van der Waals surface area (Å²) < 4.78 is 60.7. The van der Waals surface area contributed by atoms with Gasteiger partial charge in [-0.15, -0.1) is 11.3 Å². The summed E-state index contributed by atoms with van der Waals surface area (Å²) in [5, 5.41) is 8.92. The van der Waals surface area contributed by atoms with Crippen LogP contribution in [0.1, 0.15) is 25.6 Å². The van der Waals surface area contributed by atoms with Gasteiger partial charge in [0.25, 0.3) is 0 Å². The number of carbonyl (C=O) groups is 2. The largest absolute Gasteiger partial charge is 0.483 e. The molecule has 2 aromatic carbocycles. The Morgan fingerprint density at radius 2 is 1.63 bits per heavy atom. The van der Waals surface area contributed by atoms with Crippen LogP contribution in [0.5, 0.6) is 5.75 Å². The SMILES string of the molecule is NC(=O)c1cc(F)c(OCc2c(C(=O)O)sc3c(F)ccc(F)c23)c(F)c1. The van der Waals surface area contributed by atoms with Gasteiger partial charge in [-0.1, -0.05) is 0 Å². The van der Waals surface area contributed by atoms with Gasteiger partial charge in [0, 0.05) is 16.5 Å². The highest BCUT2D eigenvalue weighted by molar-refractivity contribution is 7.21. The lowest BCUT2D eigenvalue weighted by atomic mass is 10.1. The van der Waals surface area contributed by atoms with Crippen LogP contribution in [0.2, 0.25) is 0 Å². The molecular weight excluding hydrogens is 390 g/mol. The van der Waals surface area contributed by atoms with Crippen molar-refractivity contribution in [1.82, 2.24) is 0 Å². The van der Waals surface area contributed by atoms with Crippen molar-refractivity contribution in [3.8, 4) is 5.75 Å². The molecule has 1 aromatic heterocycles. The number of thiophene rings is 1. The first kappa shape index (κ1) is 18.6. The average molecular weight is 399 g/mol. The molecule has 27 heavy (non-hydrogen) atoms.